The van der Waals surface area contributed by atoms with E-state index in [0.717, 1.165) is 25.9 Å². The monoisotopic (exact) mass is 283 g/mol. The van der Waals surface area contributed by atoms with Gasteiger partial charge in [-0.3, -0.25) is 9.69 Å². The summed E-state index contributed by atoms with van der Waals surface area (Å²) in [6.07, 6.45) is 4.30. The van der Waals surface area contributed by atoms with E-state index in [-0.39, 0.29) is 18.0 Å². The molecule has 0 spiro atoms. The third-order valence-electron chi connectivity index (χ3n) is 4.52. The number of hydrogen-bond donors (Lipinski definition) is 3. The molecular formula is C14H25N3O3. The van der Waals surface area contributed by atoms with Crippen LogP contribution in [0.3, 0.4) is 0 Å². The van der Waals surface area contributed by atoms with Crippen LogP contribution in [0.5, 0.6) is 0 Å². The van der Waals surface area contributed by atoms with Crippen molar-refractivity contribution in [1.82, 2.24) is 15.5 Å². The van der Waals surface area contributed by atoms with Crippen LogP contribution in [0.2, 0.25) is 0 Å². The van der Waals surface area contributed by atoms with Crippen molar-refractivity contribution < 1.29 is 14.7 Å². The molecule has 2 aliphatic rings. The van der Waals surface area contributed by atoms with Crippen molar-refractivity contribution in [2.24, 2.45) is 5.92 Å². The molecule has 1 heterocycles. The van der Waals surface area contributed by atoms with E-state index in [2.05, 4.69) is 22.5 Å². The van der Waals surface area contributed by atoms with Crippen molar-refractivity contribution in [3.05, 3.63) is 0 Å². The molecule has 114 valence electrons. The Hall–Kier alpha value is -1.30. The van der Waals surface area contributed by atoms with Crippen LogP contribution in [-0.4, -0.2) is 53.7 Å². The van der Waals surface area contributed by atoms with Gasteiger partial charge in [0.1, 0.15) is 0 Å². The first-order valence-corrected chi connectivity index (χ1v) is 7.61. The number of hydrogen-bond acceptors (Lipinski definition) is 3. The van der Waals surface area contributed by atoms with Crippen LogP contribution in [0.25, 0.3) is 0 Å². The van der Waals surface area contributed by atoms with Crippen molar-refractivity contribution in [1.29, 1.82) is 0 Å². The zero-order chi connectivity index (χ0) is 14.5. The average molecular weight is 283 g/mol. The molecule has 3 atom stereocenters. The minimum atomic E-state index is -0.751. The number of urea groups is 1. The maximum absolute atomic E-state index is 11.8. The minimum absolute atomic E-state index is 0.00181. The van der Waals surface area contributed by atoms with E-state index < -0.39 is 5.97 Å². The summed E-state index contributed by atoms with van der Waals surface area (Å²) in [5, 5.41) is 14.7. The Labute approximate surface area is 119 Å². The molecule has 0 radical (unpaired) electrons. The topological polar surface area (TPSA) is 81.7 Å². The Balaban J connectivity index is 1.67. The molecule has 20 heavy (non-hydrogen) atoms. The van der Waals surface area contributed by atoms with Crippen LogP contribution in [0, 0.1) is 5.92 Å². The van der Waals surface area contributed by atoms with Gasteiger partial charge in [-0.1, -0.05) is 6.92 Å². The van der Waals surface area contributed by atoms with Gasteiger partial charge in [-0.2, -0.15) is 0 Å². The first-order valence-electron chi connectivity index (χ1n) is 7.61. The van der Waals surface area contributed by atoms with Crippen molar-refractivity contribution in [2.45, 2.75) is 51.1 Å². The molecule has 0 aromatic heterocycles. The second-order valence-electron chi connectivity index (χ2n) is 5.82. The Morgan fingerprint density at radius 2 is 2.10 bits per heavy atom. The highest BCUT2D eigenvalue weighted by Crippen LogP contribution is 2.25. The van der Waals surface area contributed by atoms with Crippen LogP contribution >= 0.6 is 0 Å². The molecular weight excluding hydrogens is 258 g/mol. The largest absolute Gasteiger partial charge is 0.481 e. The maximum atomic E-state index is 11.8. The van der Waals surface area contributed by atoms with Crippen molar-refractivity contribution in [2.75, 3.05) is 19.6 Å². The van der Waals surface area contributed by atoms with Crippen LogP contribution < -0.4 is 10.6 Å². The lowest BCUT2D eigenvalue weighted by molar-refractivity contribution is -0.141. The van der Waals surface area contributed by atoms with E-state index in [4.69, 9.17) is 5.11 Å². The van der Waals surface area contributed by atoms with Gasteiger partial charge in [0.2, 0.25) is 0 Å². The highest BCUT2D eigenvalue weighted by molar-refractivity contribution is 5.75. The molecule has 0 aromatic rings. The lowest BCUT2D eigenvalue weighted by atomic mass is 10.1. The quantitative estimate of drug-likeness (QED) is 0.703. The number of carboxylic acids is 1. The molecule has 2 fully saturated rings. The molecule has 3 N–H and O–H groups in total. The zero-order valence-electron chi connectivity index (χ0n) is 12.1. The fourth-order valence-corrected chi connectivity index (χ4v) is 3.33. The van der Waals surface area contributed by atoms with Gasteiger partial charge in [-0.05, 0) is 45.2 Å². The number of carbonyl (C=O) groups is 2. The number of carbonyl (C=O) groups excluding carboxylic acids is 1. The summed E-state index contributed by atoms with van der Waals surface area (Å²) in [5.74, 6) is -1.05. The molecule has 6 heteroatoms. The standard InChI is InChI=1S/C14H25N3O3/c1-2-17-7-3-4-12(17)9-15-14(20)16-11-6-5-10(8-11)13(18)19/h10-12H,2-9H2,1H3,(H,18,19)(H2,15,16,20)/t10-,11+,12?/m1/s1. The Bertz CT molecular complexity index is 362. The predicted octanol–water partition coefficient (Wildman–Crippen LogP) is 1.02. The molecule has 2 rings (SSSR count). The molecule has 6 nitrogen and oxygen atoms in total. The number of nitrogens with one attached hydrogen (secondary N) is 2. The number of nitrogens with zero attached hydrogens (tertiary/aromatic N) is 1. The zero-order valence-corrected chi connectivity index (χ0v) is 12.1. The molecule has 1 saturated carbocycles. The van der Waals surface area contributed by atoms with Crippen LogP contribution in [-0.2, 0) is 4.79 Å². The van der Waals surface area contributed by atoms with Crippen LogP contribution in [0.4, 0.5) is 4.79 Å². The SMILES string of the molecule is CCN1CCCC1CNC(=O)N[C@H]1CC[C@@H](C(=O)O)C1. The fraction of sp³-hybridized carbons (Fsp3) is 0.857. The van der Waals surface area contributed by atoms with Gasteiger partial charge in [0.25, 0.3) is 0 Å². The molecule has 1 aliphatic carbocycles. The fourth-order valence-electron chi connectivity index (χ4n) is 3.33. The van der Waals surface area contributed by atoms with Crippen molar-refractivity contribution >= 4 is 12.0 Å². The third-order valence-corrected chi connectivity index (χ3v) is 4.52. The number of amides is 2. The summed E-state index contributed by atoms with van der Waals surface area (Å²) in [7, 11) is 0. The number of likely N-dealkylation sites (N-methyl/N-ethyl adjacent to an activating group) is 1. The van der Waals surface area contributed by atoms with E-state index >= 15 is 0 Å². The number of carboxylic acid groups (broad SMARTS) is 1. The van der Waals surface area contributed by atoms with E-state index in [1.807, 2.05) is 0 Å². The van der Waals surface area contributed by atoms with Gasteiger partial charge in [0.05, 0.1) is 5.92 Å². The normalized spacial score (nSPS) is 30.4. The van der Waals surface area contributed by atoms with Gasteiger partial charge in [0.15, 0.2) is 0 Å². The lowest BCUT2D eigenvalue weighted by Gasteiger charge is -2.23. The van der Waals surface area contributed by atoms with Crippen LogP contribution in [0.15, 0.2) is 0 Å². The summed E-state index contributed by atoms with van der Waals surface area (Å²) >= 11 is 0. The van der Waals surface area contributed by atoms with Crippen molar-refractivity contribution in [3.8, 4) is 0 Å². The summed E-state index contributed by atoms with van der Waals surface area (Å²) in [4.78, 5) is 25.1. The van der Waals surface area contributed by atoms with Crippen molar-refractivity contribution in [3.63, 3.8) is 0 Å². The van der Waals surface area contributed by atoms with E-state index in [0.29, 0.717) is 25.4 Å². The van der Waals surface area contributed by atoms with Gasteiger partial charge < -0.3 is 15.7 Å². The molecule has 2 amide bonds. The molecule has 0 aromatic carbocycles. The minimum Gasteiger partial charge on any atom is -0.481 e. The molecule has 0 bridgehead atoms. The Kier molecular flexibility index (Phi) is 5.23. The van der Waals surface area contributed by atoms with E-state index in [9.17, 15) is 9.59 Å². The number of rotatable bonds is 5. The third kappa shape index (κ3) is 3.85. The highest BCUT2D eigenvalue weighted by atomic mass is 16.4. The molecule has 1 aliphatic heterocycles. The lowest BCUT2D eigenvalue weighted by Crippen LogP contribution is -2.46. The second kappa shape index (κ2) is 6.92. The molecule has 1 unspecified atom stereocenters. The summed E-state index contributed by atoms with van der Waals surface area (Å²) < 4.78 is 0. The Morgan fingerprint density at radius 3 is 2.75 bits per heavy atom. The van der Waals surface area contributed by atoms with E-state index in [1.165, 1.54) is 6.42 Å². The predicted molar refractivity (Wildman–Crippen MR) is 75.6 cm³/mol. The number of likely N-dealkylation sites (tertiary alicyclic amines) is 1. The smallest absolute Gasteiger partial charge is 0.315 e. The van der Waals surface area contributed by atoms with Gasteiger partial charge >= 0.3 is 12.0 Å². The summed E-state index contributed by atoms with van der Waals surface area (Å²) in [6.45, 7) is 4.96. The first-order chi connectivity index (χ1) is 9.60. The maximum Gasteiger partial charge on any atom is 0.315 e. The van der Waals surface area contributed by atoms with Gasteiger partial charge in [0, 0.05) is 18.6 Å². The summed E-state index contributed by atoms with van der Waals surface area (Å²) in [6, 6.07) is 0.284. The van der Waals surface area contributed by atoms with Gasteiger partial charge in [-0.15, -0.1) is 0 Å². The summed E-state index contributed by atoms with van der Waals surface area (Å²) in [5.41, 5.74) is 0. The second-order valence-corrected chi connectivity index (χ2v) is 5.82. The number of aliphatic carboxylic acids is 1. The molecule has 1 saturated heterocycles. The Morgan fingerprint density at radius 1 is 1.30 bits per heavy atom. The van der Waals surface area contributed by atoms with Gasteiger partial charge in [-0.25, -0.2) is 4.79 Å². The van der Waals surface area contributed by atoms with E-state index in [1.54, 1.807) is 0 Å². The first kappa shape index (κ1) is 15.1. The highest BCUT2D eigenvalue weighted by Gasteiger charge is 2.30. The average Bonchev–Trinajstić information content (AvgIpc) is 3.04. The van der Waals surface area contributed by atoms with Crippen LogP contribution in [0.1, 0.15) is 39.0 Å².